The topological polar surface area (TPSA) is 97.4 Å². The molecule has 1 aromatic heterocycles. The van der Waals surface area contributed by atoms with Gasteiger partial charge in [0.2, 0.25) is 15.9 Å². The lowest BCUT2D eigenvalue weighted by Crippen LogP contribution is -2.26. The predicted molar refractivity (Wildman–Crippen MR) is 109 cm³/mol. The summed E-state index contributed by atoms with van der Waals surface area (Å²) in [5.74, 6) is -0.0995. The molecule has 1 aliphatic heterocycles. The van der Waals surface area contributed by atoms with E-state index in [0.717, 1.165) is 18.4 Å². The Morgan fingerprint density at radius 1 is 1.29 bits per heavy atom. The quantitative estimate of drug-likeness (QED) is 0.680. The highest BCUT2D eigenvalue weighted by atomic mass is 32.2. The average molecular weight is 424 g/mol. The van der Waals surface area contributed by atoms with Crippen molar-refractivity contribution in [3.05, 3.63) is 41.4 Å². The van der Waals surface area contributed by atoms with E-state index in [0.29, 0.717) is 37.2 Å². The standard InChI is InChI=1S/C19H25N3O4S2/c1-2-21-28(24,25)16-5-3-15(4-6-16)17(13-14-7-10-26-11-8-14)18(23)22-19-20-9-12-27-19/h3-6,9,12,14,17,21H,2,7-8,10-11,13H2,1H3,(H,20,22,23). The van der Waals surface area contributed by atoms with Gasteiger partial charge in [0.25, 0.3) is 0 Å². The number of carbonyl (C=O) groups is 1. The lowest BCUT2D eigenvalue weighted by Gasteiger charge is -2.26. The first kappa shape index (κ1) is 20.9. The number of rotatable bonds is 8. The van der Waals surface area contributed by atoms with E-state index in [1.54, 1.807) is 37.4 Å². The summed E-state index contributed by atoms with van der Waals surface area (Å²) in [7, 11) is -3.52. The molecule has 0 saturated carbocycles. The third-order valence-corrected chi connectivity index (χ3v) is 7.07. The Kier molecular flexibility index (Phi) is 7.17. The molecule has 0 bridgehead atoms. The molecule has 2 heterocycles. The summed E-state index contributed by atoms with van der Waals surface area (Å²) in [6.45, 7) is 3.49. The van der Waals surface area contributed by atoms with Gasteiger partial charge in [-0.25, -0.2) is 18.1 Å². The van der Waals surface area contributed by atoms with Gasteiger partial charge in [-0.2, -0.15) is 0 Å². The second-order valence-electron chi connectivity index (χ2n) is 6.74. The molecule has 7 nitrogen and oxygen atoms in total. The summed E-state index contributed by atoms with van der Waals surface area (Å²) >= 11 is 1.37. The lowest BCUT2D eigenvalue weighted by atomic mass is 9.84. The Labute approximate surface area is 169 Å². The number of anilines is 1. The van der Waals surface area contributed by atoms with Gasteiger partial charge in [0.1, 0.15) is 0 Å². The minimum absolute atomic E-state index is 0.122. The molecule has 28 heavy (non-hydrogen) atoms. The van der Waals surface area contributed by atoms with Gasteiger partial charge in [0.15, 0.2) is 5.13 Å². The second-order valence-corrected chi connectivity index (χ2v) is 9.40. The molecule has 152 valence electrons. The van der Waals surface area contributed by atoms with Gasteiger partial charge in [0.05, 0.1) is 10.8 Å². The highest BCUT2D eigenvalue weighted by Crippen LogP contribution is 2.31. The molecular weight excluding hydrogens is 398 g/mol. The zero-order chi connectivity index (χ0) is 20.0. The fourth-order valence-electron chi connectivity index (χ4n) is 3.34. The summed E-state index contributed by atoms with van der Waals surface area (Å²) in [5.41, 5.74) is 0.802. The molecule has 2 aromatic rings. The number of benzene rings is 1. The van der Waals surface area contributed by atoms with Crippen molar-refractivity contribution in [2.75, 3.05) is 25.1 Å². The van der Waals surface area contributed by atoms with Gasteiger partial charge in [-0.3, -0.25) is 4.79 Å². The minimum Gasteiger partial charge on any atom is -0.381 e. The number of ether oxygens (including phenoxy) is 1. The van der Waals surface area contributed by atoms with E-state index >= 15 is 0 Å². The van der Waals surface area contributed by atoms with Gasteiger partial charge >= 0.3 is 0 Å². The molecule has 1 fully saturated rings. The van der Waals surface area contributed by atoms with E-state index in [-0.39, 0.29) is 16.7 Å². The Morgan fingerprint density at radius 2 is 2.00 bits per heavy atom. The van der Waals surface area contributed by atoms with Crippen molar-refractivity contribution in [2.45, 2.75) is 37.0 Å². The molecule has 0 aliphatic carbocycles. The average Bonchev–Trinajstić information content (AvgIpc) is 3.20. The highest BCUT2D eigenvalue weighted by Gasteiger charge is 2.27. The molecule has 3 rings (SSSR count). The Hall–Kier alpha value is -1.81. The van der Waals surface area contributed by atoms with Crippen molar-refractivity contribution in [2.24, 2.45) is 5.92 Å². The summed E-state index contributed by atoms with van der Waals surface area (Å²) in [6.07, 6.45) is 4.19. The van der Waals surface area contributed by atoms with Crippen LogP contribution >= 0.6 is 11.3 Å². The first-order chi connectivity index (χ1) is 13.5. The van der Waals surface area contributed by atoms with Crippen LogP contribution < -0.4 is 10.0 Å². The molecule has 1 saturated heterocycles. The predicted octanol–water partition coefficient (Wildman–Crippen LogP) is 2.98. The van der Waals surface area contributed by atoms with E-state index < -0.39 is 10.0 Å². The SMILES string of the molecule is CCNS(=O)(=O)c1ccc(C(CC2CCOCC2)C(=O)Nc2nccs2)cc1. The van der Waals surface area contributed by atoms with Crippen LogP contribution in [0.4, 0.5) is 5.13 Å². The van der Waals surface area contributed by atoms with Gasteiger partial charge in [-0.1, -0.05) is 19.1 Å². The zero-order valence-electron chi connectivity index (χ0n) is 15.8. The number of thiazole rings is 1. The van der Waals surface area contributed by atoms with Crippen LogP contribution in [-0.4, -0.2) is 39.1 Å². The third kappa shape index (κ3) is 5.38. The van der Waals surface area contributed by atoms with Crippen LogP contribution in [0.2, 0.25) is 0 Å². The van der Waals surface area contributed by atoms with Crippen LogP contribution in [0.5, 0.6) is 0 Å². The van der Waals surface area contributed by atoms with Crippen LogP contribution in [0.1, 0.15) is 37.7 Å². The third-order valence-electron chi connectivity index (χ3n) is 4.82. The van der Waals surface area contributed by atoms with Crippen molar-refractivity contribution in [1.82, 2.24) is 9.71 Å². The summed E-state index contributed by atoms with van der Waals surface area (Å²) in [5, 5.41) is 5.25. The van der Waals surface area contributed by atoms with Gasteiger partial charge in [0, 0.05) is 31.3 Å². The van der Waals surface area contributed by atoms with E-state index in [2.05, 4.69) is 15.0 Å². The van der Waals surface area contributed by atoms with E-state index in [9.17, 15) is 13.2 Å². The maximum Gasteiger partial charge on any atom is 0.240 e. The number of nitrogens with one attached hydrogen (secondary N) is 2. The number of nitrogens with zero attached hydrogens (tertiary/aromatic N) is 1. The molecule has 9 heteroatoms. The van der Waals surface area contributed by atoms with E-state index in [1.807, 2.05) is 5.38 Å². The molecule has 0 radical (unpaired) electrons. The molecule has 1 aliphatic rings. The highest BCUT2D eigenvalue weighted by molar-refractivity contribution is 7.89. The molecule has 0 spiro atoms. The van der Waals surface area contributed by atoms with Gasteiger partial charge < -0.3 is 10.1 Å². The van der Waals surface area contributed by atoms with Gasteiger partial charge in [-0.15, -0.1) is 11.3 Å². The van der Waals surface area contributed by atoms with Crippen LogP contribution in [0.25, 0.3) is 0 Å². The second kappa shape index (κ2) is 9.60. The molecule has 1 amide bonds. The zero-order valence-corrected chi connectivity index (χ0v) is 17.4. The fraction of sp³-hybridized carbons (Fsp3) is 0.474. The van der Waals surface area contributed by atoms with Crippen molar-refractivity contribution in [3.63, 3.8) is 0 Å². The Balaban J connectivity index is 1.81. The van der Waals surface area contributed by atoms with Crippen LogP contribution in [0, 0.1) is 5.92 Å². The lowest BCUT2D eigenvalue weighted by molar-refractivity contribution is -0.118. The first-order valence-electron chi connectivity index (χ1n) is 9.37. The van der Waals surface area contributed by atoms with Crippen molar-refractivity contribution in [3.8, 4) is 0 Å². The van der Waals surface area contributed by atoms with E-state index in [4.69, 9.17) is 4.74 Å². The molecular formula is C19H25N3O4S2. The molecule has 1 aromatic carbocycles. The normalized spacial score (nSPS) is 16.6. The Morgan fingerprint density at radius 3 is 2.61 bits per heavy atom. The minimum atomic E-state index is -3.52. The number of sulfonamides is 1. The fourth-order valence-corrected chi connectivity index (χ4v) is 4.91. The maximum atomic E-state index is 13.0. The van der Waals surface area contributed by atoms with Crippen molar-refractivity contribution in [1.29, 1.82) is 0 Å². The molecule has 1 atom stereocenters. The van der Waals surface area contributed by atoms with Crippen LogP contribution in [0.15, 0.2) is 40.7 Å². The molecule has 2 N–H and O–H groups in total. The number of carbonyl (C=O) groups excluding carboxylic acids is 1. The summed E-state index contributed by atoms with van der Waals surface area (Å²) < 4.78 is 32.2. The number of hydrogen-bond donors (Lipinski definition) is 2. The van der Waals surface area contributed by atoms with Gasteiger partial charge in [-0.05, 0) is 42.9 Å². The maximum absolute atomic E-state index is 13.0. The monoisotopic (exact) mass is 423 g/mol. The largest absolute Gasteiger partial charge is 0.381 e. The molecule has 1 unspecified atom stereocenters. The van der Waals surface area contributed by atoms with E-state index in [1.165, 1.54) is 11.3 Å². The van der Waals surface area contributed by atoms with Crippen LogP contribution in [0.3, 0.4) is 0 Å². The number of aromatic nitrogens is 1. The smallest absolute Gasteiger partial charge is 0.240 e. The first-order valence-corrected chi connectivity index (χ1v) is 11.7. The number of amides is 1. The summed E-state index contributed by atoms with van der Waals surface area (Å²) in [4.78, 5) is 17.3. The number of hydrogen-bond acceptors (Lipinski definition) is 6. The van der Waals surface area contributed by atoms with Crippen LogP contribution in [-0.2, 0) is 19.6 Å². The van der Waals surface area contributed by atoms with Crippen molar-refractivity contribution < 1.29 is 17.9 Å². The Bertz CT molecular complexity index is 861. The van der Waals surface area contributed by atoms with Crippen molar-refractivity contribution >= 4 is 32.4 Å². The summed E-state index contributed by atoms with van der Waals surface area (Å²) in [6, 6.07) is 6.58.